The number of anilines is 2. The quantitative estimate of drug-likeness (QED) is 0.359. The normalized spacial score (nSPS) is 9.95. The van der Waals surface area contributed by atoms with Crippen LogP contribution in [0.5, 0.6) is 0 Å². The molecule has 1 rings (SSSR count). The molecule has 4 N–H and O–H groups in total. The van der Waals surface area contributed by atoms with Crippen LogP contribution in [0.4, 0.5) is 17.5 Å². The molecule has 1 heterocycles. The van der Waals surface area contributed by atoms with Crippen molar-refractivity contribution in [3.05, 3.63) is 16.3 Å². The van der Waals surface area contributed by atoms with Gasteiger partial charge in [0.05, 0.1) is 11.5 Å². The lowest BCUT2D eigenvalue weighted by atomic mass is 10.4. The lowest BCUT2D eigenvalue weighted by Crippen LogP contribution is -2.35. The van der Waals surface area contributed by atoms with Crippen LogP contribution in [-0.4, -0.2) is 45.3 Å². The first-order valence-corrected chi connectivity index (χ1v) is 6.03. The molecule has 1 amide bonds. The summed E-state index contributed by atoms with van der Waals surface area (Å²) in [6.45, 7) is 4.75. The Bertz CT molecular complexity index is 490. The molecule has 0 spiro atoms. The molecule has 0 aliphatic heterocycles. The number of hydrazine groups is 1. The van der Waals surface area contributed by atoms with Gasteiger partial charge in [0, 0.05) is 13.1 Å². The molecule has 10 nitrogen and oxygen atoms in total. The number of hydrogen-bond donors (Lipinski definition) is 3. The van der Waals surface area contributed by atoms with Crippen LogP contribution in [-0.2, 0) is 4.79 Å². The summed E-state index contributed by atoms with van der Waals surface area (Å²) in [7, 11) is 0. The Hall–Kier alpha value is -2.49. The number of nitrogens with one attached hydrogen (secondary N) is 2. The fourth-order valence-corrected chi connectivity index (χ4v) is 1.56. The number of nitrogens with two attached hydrogens (primary N) is 1. The molecule has 0 bridgehead atoms. The predicted molar refractivity (Wildman–Crippen MR) is 72.9 cm³/mol. The third-order valence-corrected chi connectivity index (χ3v) is 2.62. The average molecular weight is 283 g/mol. The third-order valence-electron chi connectivity index (χ3n) is 2.62. The highest BCUT2D eigenvalue weighted by Gasteiger charge is 2.18. The lowest BCUT2D eigenvalue weighted by Gasteiger charge is -2.18. The smallest absolute Gasteiger partial charge is 0.329 e. The van der Waals surface area contributed by atoms with Crippen LogP contribution in [0.3, 0.4) is 0 Å². The minimum absolute atomic E-state index is 0.0217. The zero-order valence-electron chi connectivity index (χ0n) is 11.3. The van der Waals surface area contributed by atoms with Gasteiger partial charge in [-0.1, -0.05) is 0 Å². The highest BCUT2D eigenvalue weighted by atomic mass is 16.6. The predicted octanol–water partition coefficient (Wildman–Crippen LogP) is -0.0493. The zero-order valence-corrected chi connectivity index (χ0v) is 11.3. The Morgan fingerprint density at radius 3 is 2.65 bits per heavy atom. The number of carbonyl (C=O) groups is 1. The zero-order chi connectivity index (χ0) is 15.1. The molecule has 20 heavy (non-hydrogen) atoms. The summed E-state index contributed by atoms with van der Waals surface area (Å²) in [6.07, 6.45) is 1.02. The molecule has 0 radical (unpaired) electrons. The lowest BCUT2D eigenvalue weighted by molar-refractivity contribution is -0.384. The number of nitrogens with zero attached hydrogens (tertiary/aromatic N) is 4. The molecule has 0 fully saturated rings. The van der Waals surface area contributed by atoms with Gasteiger partial charge in [-0.15, -0.1) is 0 Å². The molecule has 0 aliphatic carbocycles. The minimum Gasteiger partial charge on any atom is -0.355 e. The van der Waals surface area contributed by atoms with E-state index in [9.17, 15) is 14.9 Å². The van der Waals surface area contributed by atoms with Crippen molar-refractivity contribution in [3.63, 3.8) is 0 Å². The Kier molecular flexibility index (Phi) is 5.59. The van der Waals surface area contributed by atoms with Gasteiger partial charge in [-0.25, -0.2) is 10.8 Å². The van der Waals surface area contributed by atoms with Gasteiger partial charge in [0.15, 0.2) is 0 Å². The Morgan fingerprint density at radius 2 is 2.15 bits per heavy atom. The van der Waals surface area contributed by atoms with Gasteiger partial charge in [0.1, 0.15) is 6.20 Å². The van der Waals surface area contributed by atoms with Gasteiger partial charge in [-0.3, -0.25) is 20.3 Å². The van der Waals surface area contributed by atoms with Crippen LogP contribution in [0.25, 0.3) is 0 Å². The minimum atomic E-state index is -0.634. The second-order valence-corrected chi connectivity index (χ2v) is 3.75. The van der Waals surface area contributed by atoms with Gasteiger partial charge >= 0.3 is 5.69 Å². The molecule has 1 aromatic heterocycles. The van der Waals surface area contributed by atoms with Crippen molar-refractivity contribution >= 4 is 23.4 Å². The number of hydrogen-bond acceptors (Lipinski definition) is 8. The molecular weight excluding hydrogens is 266 g/mol. The van der Waals surface area contributed by atoms with E-state index in [-0.39, 0.29) is 29.9 Å². The summed E-state index contributed by atoms with van der Waals surface area (Å²) in [5.74, 6) is 4.93. The molecule has 0 aliphatic rings. The van der Waals surface area contributed by atoms with E-state index in [0.717, 1.165) is 6.20 Å². The van der Waals surface area contributed by atoms with Crippen molar-refractivity contribution in [2.45, 2.75) is 13.8 Å². The highest BCUT2D eigenvalue weighted by Crippen LogP contribution is 2.21. The topological polar surface area (TPSA) is 139 Å². The van der Waals surface area contributed by atoms with Crippen molar-refractivity contribution in [1.29, 1.82) is 0 Å². The first-order valence-electron chi connectivity index (χ1n) is 6.03. The van der Waals surface area contributed by atoms with E-state index >= 15 is 0 Å². The van der Waals surface area contributed by atoms with E-state index in [1.165, 1.54) is 0 Å². The molecular formula is C10H17N7O3. The van der Waals surface area contributed by atoms with Gasteiger partial charge in [-0.05, 0) is 13.8 Å². The molecule has 0 saturated carbocycles. The largest absolute Gasteiger partial charge is 0.355 e. The summed E-state index contributed by atoms with van der Waals surface area (Å²) < 4.78 is 0. The number of rotatable bonds is 7. The number of carbonyl (C=O) groups excluding carboxylic acids is 1. The van der Waals surface area contributed by atoms with Crippen LogP contribution in [0, 0.1) is 10.1 Å². The summed E-state index contributed by atoms with van der Waals surface area (Å²) in [5, 5.41) is 13.5. The van der Waals surface area contributed by atoms with Crippen molar-refractivity contribution in [2.75, 3.05) is 30.4 Å². The average Bonchev–Trinajstić information content (AvgIpc) is 2.45. The second kappa shape index (κ2) is 7.19. The van der Waals surface area contributed by atoms with Crippen molar-refractivity contribution in [1.82, 2.24) is 14.9 Å². The van der Waals surface area contributed by atoms with Gasteiger partial charge in [-0.2, -0.15) is 4.98 Å². The Balaban J connectivity index is 2.85. The Morgan fingerprint density at radius 1 is 1.50 bits per heavy atom. The molecule has 110 valence electrons. The van der Waals surface area contributed by atoms with E-state index in [2.05, 4.69) is 20.7 Å². The summed E-state index contributed by atoms with van der Waals surface area (Å²) >= 11 is 0. The van der Waals surface area contributed by atoms with E-state index in [1.54, 1.807) is 4.90 Å². The van der Waals surface area contributed by atoms with Crippen molar-refractivity contribution in [3.8, 4) is 0 Å². The molecule has 10 heteroatoms. The number of nitro groups is 1. The van der Waals surface area contributed by atoms with E-state index in [4.69, 9.17) is 5.84 Å². The number of amides is 1. The SMILES string of the molecule is CCN(CC)C(=O)CNc1nc(NN)ncc1[N+](=O)[O-]. The van der Waals surface area contributed by atoms with Crippen LogP contribution in [0.2, 0.25) is 0 Å². The van der Waals surface area contributed by atoms with Crippen LogP contribution >= 0.6 is 0 Å². The molecule has 0 saturated heterocycles. The van der Waals surface area contributed by atoms with E-state index in [0.29, 0.717) is 13.1 Å². The maximum absolute atomic E-state index is 11.8. The number of aromatic nitrogens is 2. The fraction of sp³-hybridized carbons (Fsp3) is 0.500. The first kappa shape index (κ1) is 15.6. The highest BCUT2D eigenvalue weighted by molar-refractivity contribution is 5.81. The van der Waals surface area contributed by atoms with E-state index in [1.807, 2.05) is 13.8 Å². The maximum Gasteiger partial charge on any atom is 0.329 e. The summed E-state index contributed by atoms with van der Waals surface area (Å²) in [5.41, 5.74) is 1.86. The summed E-state index contributed by atoms with van der Waals surface area (Å²) in [4.78, 5) is 31.1. The standard InChI is InChI=1S/C10H17N7O3/c1-3-16(4-2)8(18)6-12-9-7(17(19)20)5-13-10(14-9)15-11/h5H,3-4,6,11H2,1-2H3,(H2,12,13,14,15). The Labute approximate surface area is 115 Å². The molecule has 0 atom stereocenters. The van der Waals surface area contributed by atoms with Gasteiger partial charge in [0.25, 0.3) is 0 Å². The van der Waals surface area contributed by atoms with Crippen LogP contribution < -0.4 is 16.6 Å². The van der Waals surface area contributed by atoms with Crippen molar-refractivity contribution in [2.24, 2.45) is 5.84 Å². The van der Waals surface area contributed by atoms with Gasteiger partial charge in [0.2, 0.25) is 17.7 Å². The van der Waals surface area contributed by atoms with Crippen LogP contribution in [0.15, 0.2) is 6.20 Å². The number of likely N-dealkylation sites (N-methyl/N-ethyl adjacent to an activating group) is 1. The monoisotopic (exact) mass is 283 g/mol. The second-order valence-electron chi connectivity index (χ2n) is 3.75. The fourth-order valence-electron chi connectivity index (χ4n) is 1.56. The maximum atomic E-state index is 11.8. The summed E-state index contributed by atoms with van der Waals surface area (Å²) in [6, 6.07) is 0. The third kappa shape index (κ3) is 3.75. The first-order chi connectivity index (χ1) is 9.53. The molecule has 1 aromatic rings. The van der Waals surface area contributed by atoms with Crippen molar-refractivity contribution < 1.29 is 9.72 Å². The van der Waals surface area contributed by atoms with E-state index < -0.39 is 4.92 Å². The molecule has 0 aromatic carbocycles. The number of nitrogen functional groups attached to an aromatic ring is 1. The molecule has 0 unspecified atom stereocenters. The van der Waals surface area contributed by atoms with Crippen LogP contribution in [0.1, 0.15) is 13.8 Å². The van der Waals surface area contributed by atoms with Gasteiger partial charge < -0.3 is 10.2 Å².